The molecular formula is C20H31IN4O4S. The minimum absolute atomic E-state index is 0. The van der Waals surface area contributed by atoms with E-state index in [0.29, 0.717) is 24.5 Å². The number of methoxy groups -OCH3 is 1. The SMILES string of the molecule is CN=C(NCc1ccc(S(=O)(=O)N2CCCC2)cc1)N1CCC(C(=O)OC)CC1.I. The molecule has 0 radical (unpaired) electrons. The third-order valence-electron chi connectivity index (χ3n) is 5.62. The van der Waals surface area contributed by atoms with E-state index in [-0.39, 0.29) is 35.9 Å². The van der Waals surface area contributed by atoms with Crippen LogP contribution in [0.1, 0.15) is 31.2 Å². The Balaban J connectivity index is 0.00000320. The van der Waals surface area contributed by atoms with E-state index in [0.717, 1.165) is 50.3 Å². The predicted octanol–water partition coefficient (Wildman–Crippen LogP) is 2.05. The fourth-order valence-corrected chi connectivity index (χ4v) is 5.38. The number of aliphatic imine (C=N–C) groups is 1. The van der Waals surface area contributed by atoms with Gasteiger partial charge in [-0.3, -0.25) is 9.79 Å². The quantitative estimate of drug-likeness (QED) is 0.261. The zero-order chi connectivity index (χ0) is 20.9. The van der Waals surface area contributed by atoms with Crippen molar-refractivity contribution in [3.63, 3.8) is 0 Å². The minimum Gasteiger partial charge on any atom is -0.469 e. The Bertz CT molecular complexity index is 831. The molecule has 2 aliphatic rings. The van der Waals surface area contributed by atoms with E-state index >= 15 is 0 Å². The summed E-state index contributed by atoms with van der Waals surface area (Å²) < 4.78 is 31.6. The maximum absolute atomic E-state index is 12.6. The maximum Gasteiger partial charge on any atom is 0.308 e. The van der Waals surface area contributed by atoms with Gasteiger partial charge in [0.2, 0.25) is 10.0 Å². The van der Waals surface area contributed by atoms with Gasteiger partial charge < -0.3 is 15.0 Å². The normalized spacial score (nSPS) is 18.7. The molecule has 0 saturated carbocycles. The van der Waals surface area contributed by atoms with Crippen LogP contribution >= 0.6 is 24.0 Å². The number of guanidine groups is 1. The number of carbonyl (C=O) groups excluding carboxylic acids is 1. The molecule has 0 aliphatic carbocycles. The second kappa shape index (κ2) is 11.3. The van der Waals surface area contributed by atoms with E-state index in [1.54, 1.807) is 23.5 Å². The molecule has 3 rings (SSSR count). The van der Waals surface area contributed by atoms with E-state index in [4.69, 9.17) is 4.74 Å². The summed E-state index contributed by atoms with van der Waals surface area (Å²) in [5.41, 5.74) is 0.982. The molecule has 2 fully saturated rings. The number of benzene rings is 1. The van der Waals surface area contributed by atoms with E-state index in [1.807, 2.05) is 12.1 Å². The number of carbonyl (C=O) groups is 1. The molecule has 168 valence electrons. The number of esters is 1. The van der Waals surface area contributed by atoms with Crippen LogP contribution in [0.5, 0.6) is 0 Å². The number of nitrogens with one attached hydrogen (secondary N) is 1. The lowest BCUT2D eigenvalue weighted by molar-refractivity contribution is -0.146. The molecule has 0 bridgehead atoms. The van der Waals surface area contributed by atoms with Gasteiger partial charge in [0.1, 0.15) is 0 Å². The van der Waals surface area contributed by atoms with E-state index in [1.165, 1.54) is 7.11 Å². The lowest BCUT2D eigenvalue weighted by Crippen LogP contribution is -2.46. The Morgan fingerprint density at radius 3 is 2.27 bits per heavy atom. The number of sulfonamides is 1. The van der Waals surface area contributed by atoms with E-state index in [2.05, 4.69) is 15.2 Å². The van der Waals surface area contributed by atoms with Gasteiger partial charge in [0, 0.05) is 39.8 Å². The molecule has 1 aromatic carbocycles. The lowest BCUT2D eigenvalue weighted by Gasteiger charge is -2.33. The number of halogens is 1. The summed E-state index contributed by atoms with van der Waals surface area (Å²) in [6.07, 6.45) is 3.35. The second-order valence-corrected chi connectivity index (χ2v) is 9.38. The summed E-state index contributed by atoms with van der Waals surface area (Å²) in [5.74, 6) is 0.595. The predicted molar refractivity (Wildman–Crippen MR) is 126 cm³/mol. The molecule has 8 nitrogen and oxygen atoms in total. The highest BCUT2D eigenvalue weighted by Gasteiger charge is 2.28. The summed E-state index contributed by atoms with van der Waals surface area (Å²) in [5, 5.41) is 3.33. The molecule has 0 spiro atoms. The number of hydrogen-bond donors (Lipinski definition) is 1. The zero-order valence-electron chi connectivity index (χ0n) is 17.5. The Hall–Kier alpha value is -1.40. The molecule has 0 unspecified atom stereocenters. The van der Waals surface area contributed by atoms with Gasteiger partial charge in [0.15, 0.2) is 5.96 Å². The van der Waals surface area contributed by atoms with Crippen LogP contribution in [0.25, 0.3) is 0 Å². The molecule has 0 atom stereocenters. The van der Waals surface area contributed by atoms with Crippen molar-refractivity contribution >= 4 is 45.9 Å². The van der Waals surface area contributed by atoms with Crippen LogP contribution in [0.3, 0.4) is 0 Å². The van der Waals surface area contributed by atoms with Crippen molar-refractivity contribution in [2.45, 2.75) is 37.1 Å². The van der Waals surface area contributed by atoms with Gasteiger partial charge in [0.05, 0.1) is 17.9 Å². The van der Waals surface area contributed by atoms with Crippen molar-refractivity contribution in [3.8, 4) is 0 Å². The molecular weight excluding hydrogens is 519 g/mol. The molecule has 2 saturated heterocycles. The van der Waals surface area contributed by atoms with Crippen molar-refractivity contribution in [2.75, 3.05) is 40.3 Å². The first-order chi connectivity index (χ1) is 14.0. The molecule has 2 aliphatic heterocycles. The van der Waals surface area contributed by atoms with Gasteiger partial charge in [-0.15, -0.1) is 24.0 Å². The molecule has 2 heterocycles. The Kier molecular flexibility index (Phi) is 9.35. The van der Waals surface area contributed by atoms with Gasteiger partial charge >= 0.3 is 5.97 Å². The lowest BCUT2D eigenvalue weighted by atomic mass is 9.97. The van der Waals surface area contributed by atoms with E-state index < -0.39 is 10.0 Å². The monoisotopic (exact) mass is 550 g/mol. The highest BCUT2D eigenvalue weighted by atomic mass is 127. The standard InChI is InChI=1S/C20H30N4O4S.HI/c1-21-20(23-13-9-17(10-14-23)19(25)28-2)22-15-16-5-7-18(8-6-16)29(26,27)24-11-3-4-12-24;/h5-8,17H,3-4,9-15H2,1-2H3,(H,21,22);1H. The Morgan fingerprint density at radius 2 is 1.73 bits per heavy atom. The van der Waals surface area contributed by atoms with Crippen molar-refractivity contribution in [2.24, 2.45) is 10.9 Å². The molecule has 0 amide bonds. The minimum atomic E-state index is -3.38. The van der Waals surface area contributed by atoms with Gasteiger partial charge in [0.25, 0.3) is 0 Å². The number of rotatable bonds is 5. The highest BCUT2D eigenvalue weighted by molar-refractivity contribution is 14.0. The summed E-state index contributed by atoms with van der Waals surface area (Å²) in [7, 11) is -0.216. The fraction of sp³-hybridized carbons (Fsp3) is 0.600. The number of piperidine rings is 1. The third kappa shape index (κ3) is 5.85. The smallest absolute Gasteiger partial charge is 0.308 e. The molecule has 1 aromatic rings. The topological polar surface area (TPSA) is 91.3 Å². The highest BCUT2D eigenvalue weighted by Crippen LogP contribution is 2.21. The van der Waals surface area contributed by atoms with Gasteiger partial charge in [-0.05, 0) is 43.4 Å². The second-order valence-electron chi connectivity index (χ2n) is 7.44. The van der Waals surface area contributed by atoms with Gasteiger partial charge in [-0.2, -0.15) is 4.31 Å². The Labute approximate surface area is 196 Å². The molecule has 30 heavy (non-hydrogen) atoms. The van der Waals surface area contributed by atoms with Crippen molar-refractivity contribution in [3.05, 3.63) is 29.8 Å². The molecule has 0 aromatic heterocycles. The zero-order valence-corrected chi connectivity index (χ0v) is 20.7. The first-order valence-corrected chi connectivity index (χ1v) is 11.5. The van der Waals surface area contributed by atoms with Crippen molar-refractivity contribution in [1.29, 1.82) is 0 Å². The van der Waals surface area contributed by atoms with Crippen LogP contribution in [0.4, 0.5) is 0 Å². The number of likely N-dealkylation sites (tertiary alicyclic amines) is 1. The number of nitrogens with zero attached hydrogens (tertiary/aromatic N) is 3. The van der Waals surface area contributed by atoms with Crippen LogP contribution in [0.15, 0.2) is 34.2 Å². The van der Waals surface area contributed by atoms with Gasteiger partial charge in [-0.1, -0.05) is 12.1 Å². The van der Waals surface area contributed by atoms with E-state index in [9.17, 15) is 13.2 Å². The van der Waals surface area contributed by atoms with Crippen molar-refractivity contribution < 1.29 is 17.9 Å². The molecule has 10 heteroatoms. The number of ether oxygens (including phenoxy) is 1. The average Bonchev–Trinajstić information content (AvgIpc) is 3.30. The third-order valence-corrected chi connectivity index (χ3v) is 7.53. The van der Waals surface area contributed by atoms with Gasteiger partial charge in [-0.25, -0.2) is 8.42 Å². The summed E-state index contributed by atoms with van der Waals surface area (Å²) in [6.45, 7) is 3.25. The first kappa shape index (κ1) is 24.9. The van der Waals surface area contributed by atoms with Crippen LogP contribution in [0.2, 0.25) is 0 Å². The summed E-state index contributed by atoms with van der Waals surface area (Å²) in [6, 6.07) is 7.03. The Morgan fingerprint density at radius 1 is 1.13 bits per heavy atom. The van der Waals surface area contributed by atoms with Crippen LogP contribution in [-0.2, 0) is 26.1 Å². The maximum atomic E-state index is 12.6. The van der Waals surface area contributed by atoms with Crippen LogP contribution in [0, 0.1) is 5.92 Å². The average molecular weight is 550 g/mol. The summed E-state index contributed by atoms with van der Waals surface area (Å²) >= 11 is 0. The van der Waals surface area contributed by atoms with Crippen LogP contribution in [-0.4, -0.2) is 69.9 Å². The number of hydrogen-bond acceptors (Lipinski definition) is 5. The fourth-order valence-electron chi connectivity index (χ4n) is 3.86. The van der Waals surface area contributed by atoms with Crippen LogP contribution < -0.4 is 5.32 Å². The first-order valence-electron chi connectivity index (χ1n) is 10.1. The summed E-state index contributed by atoms with van der Waals surface area (Å²) in [4.78, 5) is 18.5. The van der Waals surface area contributed by atoms with Crippen molar-refractivity contribution in [1.82, 2.24) is 14.5 Å². The molecule has 1 N–H and O–H groups in total. The largest absolute Gasteiger partial charge is 0.469 e.